The molecule has 2 N–H and O–H groups in total. The number of imidazole rings is 1. The molecule has 0 atom stereocenters. The normalized spacial score (nSPS) is 12.3. The summed E-state index contributed by atoms with van der Waals surface area (Å²) in [4.78, 5) is 4.42. The molecule has 3 rings (SSSR count). The van der Waals surface area contributed by atoms with Gasteiger partial charge in [-0.05, 0) is 30.3 Å². The van der Waals surface area contributed by atoms with Crippen LogP contribution >= 0.6 is 0 Å². The van der Waals surface area contributed by atoms with Crippen LogP contribution in [0.1, 0.15) is 2.74 Å². The van der Waals surface area contributed by atoms with Crippen LogP contribution in [0.2, 0.25) is 0 Å². The third-order valence-corrected chi connectivity index (χ3v) is 2.69. The number of nitrogen functional groups attached to an aromatic ring is 1. The van der Waals surface area contributed by atoms with Crippen LogP contribution < -0.4 is 10.5 Å². The maximum Gasteiger partial charge on any atom is 0.139 e. The summed E-state index contributed by atoms with van der Waals surface area (Å²) in [5, 5.41) is 0. The number of nitrogens with zero attached hydrogens (tertiary/aromatic N) is 2. The molecule has 3 aromatic rings. The minimum absolute atomic E-state index is 0.214. The van der Waals surface area contributed by atoms with Crippen LogP contribution in [0, 0.1) is 0 Å². The Bertz CT molecular complexity index is 775. The average molecular weight is 243 g/mol. The van der Waals surface area contributed by atoms with E-state index in [1.165, 1.54) is 7.11 Å². The van der Waals surface area contributed by atoms with Gasteiger partial charge >= 0.3 is 0 Å². The quantitative estimate of drug-likeness (QED) is 0.752. The maximum atomic E-state index is 8.04. The molecule has 90 valence electrons. The van der Waals surface area contributed by atoms with Crippen molar-refractivity contribution in [2.45, 2.75) is 0 Å². The molecule has 0 fully saturated rings. The van der Waals surface area contributed by atoms with Gasteiger partial charge < -0.3 is 14.9 Å². The molecule has 0 bridgehead atoms. The number of benzene rings is 1. The lowest BCUT2D eigenvalue weighted by atomic mass is 10.2. The van der Waals surface area contributed by atoms with E-state index in [1.807, 2.05) is 4.40 Å². The summed E-state index contributed by atoms with van der Waals surface area (Å²) in [7, 11) is 1.52. The summed E-state index contributed by atoms with van der Waals surface area (Å²) < 4.78 is 22.9. The first-order valence-corrected chi connectivity index (χ1v) is 5.48. The standard InChI is InChI=1S/C14H13N3O/c1-18-12-4-2-10(3-5-12)13-9-17-7-6-11(15)8-14(17)16-13/h2-9H,15H2,1H3/i2T,3T. The lowest BCUT2D eigenvalue weighted by molar-refractivity contribution is 0.415. The molecule has 4 nitrogen and oxygen atoms in total. The Kier molecular flexibility index (Phi) is 1.94. The molecule has 1 aromatic carbocycles. The van der Waals surface area contributed by atoms with Gasteiger partial charge in [0, 0.05) is 29.7 Å². The third-order valence-electron chi connectivity index (χ3n) is 2.69. The Morgan fingerprint density at radius 1 is 1.33 bits per heavy atom. The van der Waals surface area contributed by atoms with Gasteiger partial charge in [-0.15, -0.1) is 0 Å². The van der Waals surface area contributed by atoms with E-state index in [2.05, 4.69) is 4.98 Å². The Hall–Kier alpha value is -2.49. The number of hydrogen-bond donors (Lipinski definition) is 1. The maximum absolute atomic E-state index is 8.04. The monoisotopic (exact) mass is 243 g/mol. The first kappa shape index (κ1) is 8.58. The highest BCUT2D eigenvalue weighted by Crippen LogP contribution is 2.22. The van der Waals surface area contributed by atoms with E-state index in [4.69, 9.17) is 13.2 Å². The molecule has 0 aliphatic carbocycles. The van der Waals surface area contributed by atoms with Crippen molar-refractivity contribution in [2.75, 3.05) is 12.8 Å². The fourth-order valence-electron chi connectivity index (χ4n) is 1.75. The average Bonchev–Trinajstić information content (AvgIpc) is 2.80. The Balaban J connectivity index is 2.20. The van der Waals surface area contributed by atoms with Crippen molar-refractivity contribution in [1.82, 2.24) is 9.38 Å². The lowest BCUT2D eigenvalue weighted by Crippen LogP contribution is -1.87. The SMILES string of the molecule is [3H]c1cc(OC)cc([3H])c1-c1cn2ccc(N)cc2n1. The van der Waals surface area contributed by atoms with Gasteiger partial charge in [-0.3, -0.25) is 0 Å². The molecule has 0 radical (unpaired) electrons. The zero-order valence-electron chi connectivity index (χ0n) is 11.8. The highest BCUT2D eigenvalue weighted by Gasteiger charge is 2.04. The van der Waals surface area contributed by atoms with E-state index in [9.17, 15) is 0 Å². The van der Waals surface area contributed by atoms with Crippen LogP contribution in [0.15, 0.2) is 48.7 Å². The van der Waals surface area contributed by atoms with Crippen molar-refractivity contribution in [3.05, 3.63) is 48.7 Å². The number of rotatable bonds is 2. The summed E-state index contributed by atoms with van der Waals surface area (Å²) in [6, 6.07) is 7.10. The number of methoxy groups -OCH3 is 1. The van der Waals surface area contributed by atoms with Crippen molar-refractivity contribution in [1.29, 1.82) is 0 Å². The number of aromatic nitrogens is 2. The van der Waals surface area contributed by atoms with E-state index >= 15 is 0 Å². The summed E-state index contributed by atoms with van der Waals surface area (Å²) in [5.74, 6) is 0.497. The van der Waals surface area contributed by atoms with Crippen LogP contribution in [0.25, 0.3) is 16.9 Å². The van der Waals surface area contributed by atoms with Gasteiger partial charge in [-0.1, -0.05) is 0 Å². The number of fused-ring (bicyclic) bond motifs is 1. The molecule has 2 aromatic heterocycles. The summed E-state index contributed by atoms with van der Waals surface area (Å²) in [6.45, 7) is 0. The second-order valence-electron chi connectivity index (χ2n) is 3.91. The minimum Gasteiger partial charge on any atom is -0.497 e. The van der Waals surface area contributed by atoms with Gasteiger partial charge in [-0.25, -0.2) is 4.98 Å². The highest BCUT2D eigenvalue weighted by atomic mass is 16.5. The van der Waals surface area contributed by atoms with Gasteiger partial charge in [0.2, 0.25) is 0 Å². The smallest absolute Gasteiger partial charge is 0.139 e. The molecule has 0 amide bonds. The summed E-state index contributed by atoms with van der Waals surface area (Å²) in [5.41, 5.74) is 8.10. The molecule has 0 spiro atoms. The van der Waals surface area contributed by atoms with Gasteiger partial charge in [0.05, 0.1) is 15.5 Å². The Morgan fingerprint density at radius 3 is 2.83 bits per heavy atom. The van der Waals surface area contributed by atoms with Crippen molar-refractivity contribution in [3.63, 3.8) is 0 Å². The molecule has 4 heteroatoms. The van der Waals surface area contributed by atoms with Crippen molar-refractivity contribution >= 4 is 11.3 Å². The van der Waals surface area contributed by atoms with Gasteiger partial charge in [0.1, 0.15) is 11.4 Å². The van der Waals surface area contributed by atoms with E-state index in [0.29, 0.717) is 28.3 Å². The van der Waals surface area contributed by atoms with Crippen molar-refractivity contribution < 1.29 is 7.48 Å². The third kappa shape index (κ3) is 1.78. The predicted molar refractivity (Wildman–Crippen MR) is 71.6 cm³/mol. The van der Waals surface area contributed by atoms with Crippen molar-refractivity contribution in [3.8, 4) is 17.0 Å². The van der Waals surface area contributed by atoms with E-state index < -0.39 is 0 Å². The molecular formula is C14H13N3O. The van der Waals surface area contributed by atoms with E-state index in [-0.39, 0.29) is 12.1 Å². The number of hydrogen-bond acceptors (Lipinski definition) is 3. The van der Waals surface area contributed by atoms with Crippen LogP contribution in [-0.2, 0) is 0 Å². The molecule has 18 heavy (non-hydrogen) atoms. The molecular weight excluding hydrogens is 226 g/mol. The number of pyridine rings is 1. The van der Waals surface area contributed by atoms with Crippen LogP contribution in [-0.4, -0.2) is 16.5 Å². The van der Waals surface area contributed by atoms with Gasteiger partial charge in [0.25, 0.3) is 0 Å². The Labute approximate surface area is 107 Å². The zero-order chi connectivity index (χ0) is 14.3. The first-order valence-electron chi connectivity index (χ1n) is 6.48. The number of nitrogens with two attached hydrogens (primary N) is 1. The van der Waals surface area contributed by atoms with E-state index in [1.54, 1.807) is 36.7 Å². The second-order valence-corrected chi connectivity index (χ2v) is 3.91. The topological polar surface area (TPSA) is 52.5 Å². The molecule has 2 heterocycles. The Morgan fingerprint density at radius 2 is 2.11 bits per heavy atom. The molecule has 0 unspecified atom stereocenters. The molecule has 0 aliphatic heterocycles. The summed E-state index contributed by atoms with van der Waals surface area (Å²) >= 11 is 0. The van der Waals surface area contributed by atoms with Crippen LogP contribution in [0.4, 0.5) is 5.69 Å². The minimum atomic E-state index is 0.214. The van der Waals surface area contributed by atoms with Gasteiger partial charge in [0.15, 0.2) is 0 Å². The molecule has 0 saturated carbocycles. The van der Waals surface area contributed by atoms with Crippen LogP contribution in [0.3, 0.4) is 0 Å². The number of anilines is 1. The highest BCUT2D eigenvalue weighted by molar-refractivity contribution is 5.65. The van der Waals surface area contributed by atoms with Gasteiger partial charge in [-0.2, -0.15) is 0 Å². The van der Waals surface area contributed by atoms with Crippen molar-refractivity contribution in [2.24, 2.45) is 0 Å². The molecule has 0 saturated heterocycles. The summed E-state index contributed by atoms with van der Waals surface area (Å²) in [6.07, 6.45) is 3.59. The fourth-order valence-corrected chi connectivity index (χ4v) is 1.75. The largest absolute Gasteiger partial charge is 0.497 e. The second kappa shape index (κ2) is 4.07. The fraction of sp³-hybridized carbons (Fsp3) is 0.0714. The van der Waals surface area contributed by atoms with E-state index in [0.717, 1.165) is 0 Å². The predicted octanol–water partition coefficient (Wildman–Crippen LogP) is 2.59. The zero-order valence-corrected chi connectivity index (χ0v) is 9.84. The molecule has 0 aliphatic rings. The lowest BCUT2D eigenvalue weighted by Gasteiger charge is -1.99. The van der Waals surface area contributed by atoms with Crippen LogP contribution in [0.5, 0.6) is 5.75 Å². The first-order chi connectivity index (χ1) is 9.58. The number of ether oxygens (including phenoxy) is 1.